The maximum absolute atomic E-state index is 10.2. The molecule has 20 heavy (non-hydrogen) atoms. The number of carboxylic acid groups (broad SMARTS) is 3. The van der Waals surface area contributed by atoms with E-state index in [0.29, 0.717) is 6.26 Å². The Hall–Kier alpha value is -2.03. The third kappa shape index (κ3) is 25.0. The monoisotopic (exact) mass is 338 g/mol. The fourth-order valence-electron chi connectivity index (χ4n) is 0.359. The van der Waals surface area contributed by atoms with Gasteiger partial charge in [-0.15, -0.1) is 0 Å². The number of aliphatic carboxylic acids is 2. The first-order chi connectivity index (χ1) is 8.66. The average molecular weight is 338 g/mol. The summed E-state index contributed by atoms with van der Waals surface area (Å²) in [6.07, 6.45) is 0.602. The summed E-state index contributed by atoms with van der Waals surface area (Å²) >= 11 is 0. The summed E-state index contributed by atoms with van der Waals surface area (Å²) in [5, 5.41) is 23.0. The molecule has 0 aromatic rings. The zero-order valence-corrected chi connectivity index (χ0v) is 11.2. The van der Waals surface area contributed by atoms with E-state index in [0.717, 1.165) is 0 Å². The van der Waals surface area contributed by atoms with Gasteiger partial charge in [0.2, 0.25) is 0 Å². The minimum Gasteiger partial charge on any atom is -0.483 e. The molecule has 0 bridgehead atoms. The van der Waals surface area contributed by atoms with Gasteiger partial charge in [-0.25, -0.2) is 9.59 Å². The molecule has 0 rings (SSSR count). The summed E-state index contributed by atoms with van der Waals surface area (Å²) in [7, 11) is -8.65. The molecule has 0 aromatic heterocycles. The summed E-state index contributed by atoms with van der Waals surface area (Å²) < 4.78 is 54.3. The van der Waals surface area contributed by atoms with Gasteiger partial charge in [-0.3, -0.25) is 13.9 Å². The Labute approximate surface area is 112 Å². The molecular formula is C6H10O12S2. The average Bonchev–Trinajstić information content (AvgIpc) is 2.10. The van der Waals surface area contributed by atoms with Crippen molar-refractivity contribution >= 4 is 38.6 Å². The van der Waals surface area contributed by atoms with Crippen molar-refractivity contribution in [2.75, 3.05) is 6.26 Å². The number of carbonyl (C=O) groups is 3. The third-order valence-corrected chi connectivity index (χ3v) is 1.59. The van der Waals surface area contributed by atoms with Crippen molar-refractivity contribution < 1.29 is 55.6 Å². The van der Waals surface area contributed by atoms with Crippen LogP contribution in [0.4, 0.5) is 0 Å². The van der Waals surface area contributed by atoms with Crippen LogP contribution in [0.2, 0.25) is 0 Å². The Balaban J connectivity index is -0.000000299. The van der Waals surface area contributed by atoms with Crippen molar-refractivity contribution in [1.82, 2.24) is 0 Å². The van der Waals surface area contributed by atoms with E-state index < -0.39 is 37.1 Å². The summed E-state index contributed by atoms with van der Waals surface area (Å²) in [6, 6.07) is 0. The van der Waals surface area contributed by atoms with Crippen molar-refractivity contribution in [2.24, 2.45) is 0 Å². The molecule has 0 unspecified atom stereocenters. The summed E-state index contributed by atoms with van der Waals surface area (Å²) in [4.78, 5) is 26.6. The topological polar surface area (TPSA) is 221 Å². The van der Waals surface area contributed by atoms with Crippen LogP contribution in [0.15, 0.2) is 11.0 Å². The van der Waals surface area contributed by atoms with Gasteiger partial charge in [0, 0.05) is 0 Å². The van der Waals surface area contributed by atoms with Crippen molar-refractivity contribution in [2.45, 2.75) is 0 Å². The van der Waals surface area contributed by atoms with E-state index >= 15 is 0 Å². The normalized spacial score (nSPS) is 11.1. The molecule has 0 aliphatic carbocycles. The van der Waals surface area contributed by atoms with E-state index in [2.05, 4.69) is 0 Å². The lowest BCUT2D eigenvalue weighted by molar-refractivity contribution is -0.134. The lowest BCUT2D eigenvalue weighted by atomic mass is 10.5. The molecule has 0 radical (unpaired) electrons. The minimum atomic E-state index is -4.98. The van der Waals surface area contributed by atoms with Gasteiger partial charge in [-0.1, -0.05) is 0 Å². The van der Waals surface area contributed by atoms with Crippen LogP contribution in [0.3, 0.4) is 0 Å². The van der Waals surface area contributed by atoms with Crippen molar-refractivity contribution in [3.8, 4) is 0 Å². The number of rotatable bonds is 3. The number of hydrogen-bond acceptors (Lipinski definition) is 7. The molecule has 0 aromatic carbocycles. The first-order valence-corrected chi connectivity index (χ1v) is 7.11. The first-order valence-electron chi connectivity index (χ1n) is 3.82. The Morgan fingerprint density at radius 1 is 1.00 bits per heavy atom. The van der Waals surface area contributed by atoms with Gasteiger partial charge < -0.3 is 15.3 Å². The molecule has 0 aliphatic rings. The SMILES string of the molecule is CS(=O)(=O)O.O=C(O)/C=C(/C(=O)O)S(=O)(=O)O.O=CO. The maximum atomic E-state index is 10.2. The van der Waals surface area contributed by atoms with E-state index in [1.807, 2.05) is 0 Å². The van der Waals surface area contributed by atoms with Gasteiger partial charge in [0.1, 0.15) is 0 Å². The molecule has 12 nitrogen and oxygen atoms in total. The zero-order valence-electron chi connectivity index (χ0n) is 9.57. The highest BCUT2D eigenvalue weighted by Gasteiger charge is 2.22. The molecule has 5 N–H and O–H groups in total. The molecule has 0 aliphatic heterocycles. The van der Waals surface area contributed by atoms with Crippen LogP contribution in [0.5, 0.6) is 0 Å². The molecule has 0 fully saturated rings. The molecular weight excluding hydrogens is 328 g/mol. The van der Waals surface area contributed by atoms with Crippen LogP contribution >= 0.6 is 0 Å². The van der Waals surface area contributed by atoms with Crippen molar-refractivity contribution in [1.29, 1.82) is 0 Å². The highest BCUT2D eigenvalue weighted by molar-refractivity contribution is 7.90. The van der Waals surface area contributed by atoms with Gasteiger partial charge in [-0.2, -0.15) is 16.8 Å². The second-order valence-electron chi connectivity index (χ2n) is 2.47. The van der Waals surface area contributed by atoms with Crippen LogP contribution in [0.25, 0.3) is 0 Å². The summed E-state index contributed by atoms with van der Waals surface area (Å²) in [5.74, 6) is -3.80. The second-order valence-corrected chi connectivity index (χ2v) is 5.32. The molecule has 0 heterocycles. The number of carboxylic acids is 2. The third-order valence-electron chi connectivity index (χ3n) is 0.743. The number of hydrogen-bond donors (Lipinski definition) is 5. The van der Waals surface area contributed by atoms with E-state index in [4.69, 9.17) is 29.2 Å². The summed E-state index contributed by atoms with van der Waals surface area (Å²) in [5.41, 5.74) is 0. The quantitative estimate of drug-likeness (QED) is 0.217. The van der Waals surface area contributed by atoms with E-state index in [9.17, 15) is 26.4 Å². The van der Waals surface area contributed by atoms with Crippen LogP contribution in [0.1, 0.15) is 0 Å². The zero-order chi connectivity index (χ0) is 17.1. The highest BCUT2D eigenvalue weighted by atomic mass is 32.2. The molecule has 14 heteroatoms. The van der Waals surface area contributed by atoms with Gasteiger partial charge in [0.15, 0.2) is 4.91 Å². The van der Waals surface area contributed by atoms with E-state index in [-0.39, 0.29) is 12.5 Å². The predicted octanol–water partition coefficient (Wildman–Crippen LogP) is -1.87. The fourth-order valence-corrected chi connectivity index (χ4v) is 0.829. The Bertz CT molecular complexity index is 557. The molecule has 0 saturated carbocycles. The lowest BCUT2D eigenvalue weighted by Gasteiger charge is -1.94. The Morgan fingerprint density at radius 2 is 1.25 bits per heavy atom. The Morgan fingerprint density at radius 3 is 1.30 bits per heavy atom. The highest BCUT2D eigenvalue weighted by Crippen LogP contribution is 2.03. The molecule has 0 spiro atoms. The fraction of sp³-hybridized carbons (Fsp3) is 0.167. The first kappa shape index (κ1) is 23.1. The van der Waals surface area contributed by atoms with Crippen LogP contribution < -0.4 is 0 Å². The van der Waals surface area contributed by atoms with Gasteiger partial charge in [0.25, 0.3) is 16.6 Å². The van der Waals surface area contributed by atoms with Gasteiger partial charge in [0.05, 0.1) is 12.3 Å². The Kier molecular flexibility index (Phi) is 11.4. The van der Waals surface area contributed by atoms with Crippen molar-refractivity contribution in [3.63, 3.8) is 0 Å². The minimum absolute atomic E-state index is 0.113. The lowest BCUT2D eigenvalue weighted by Crippen LogP contribution is -2.13. The second kappa shape index (κ2) is 9.84. The van der Waals surface area contributed by atoms with Gasteiger partial charge in [-0.05, 0) is 0 Å². The predicted molar refractivity (Wildman–Crippen MR) is 61.1 cm³/mol. The molecule has 0 saturated heterocycles. The molecule has 118 valence electrons. The maximum Gasteiger partial charge on any atom is 0.350 e. The van der Waals surface area contributed by atoms with Crippen molar-refractivity contribution in [3.05, 3.63) is 11.0 Å². The van der Waals surface area contributed by atoms with Crippen LogP contribution in [-0.2, 0) is 34.6 Å². The molecule has 0 atom stereocenters. The summed E-state index contributed by atoms with van der Waals surface area (Å²) in [6.45, 7) is -0.250. The standard InChI is InChI=1S/C4H4O7S.CH4O3S.CH2O2/c5-3(6)1-2(4(7)8)12(9,10)11;1-5(2,3)4;2-1-3/h1H,(H,5,6)(H,7,8)(H,9,10,11);1H3,(H,2,3,4);1H,(H,2,3)/b2-1-;;. The van der Waals surface area contributed by atoms with Gasteiger partial charge >= 0.3 is 22.1 Å². The smallest absolute Gasteiger partial charge is 0.350 e. The van der Waals surface area contributed by atoms with E-state index in [1.165, 1.54) is 0 Å². The van der Waals surface area contributed by atoms with E-state index in [1.54, 1.807) is 0 Å². The molecule has 0 amide bonds. The van der Waals surface area contributed by atoms with Crippen LogP contribution in [0, 0.1) is 0 Å². The van der Waals surface area contributed by atoms with Crippen LogP contribution in [-0.4, -0.2) is 65.9 Å². The largest absolute Gasteiger partial charge is 0.483 e.